The molecule has 102 valence electrons. The van der Waals surface area contributed by atoms with Crippen molar-refractivity contribution >= 4 is 5.69 Å². The van der Waals surface area contributed by atoms with Gasteiger partial charge in [0.2, 0.25) is 0 Å². The van der Waals surface area contributed by atoms with E-state index in [-0.39, 0.29) is 5.75 Å². The van der Waals surface area contributed by atoms with E-state index in [4.69, 9.17) is 0 Å². The molecule has 7 heteroatoms. The molecule has 0 aliphatic carbocycles. The first-order valence-electron chi connectivity index (χ1n) is 5.84. The molecule has 5 nitrogen and oxygen atoms in total. The molecule has 0 fully saturated rings. The number of hydrogen-bond acceptors (Lipinski definition) is 4. The zero-order valence-corrected chi connectivity index (χ0v) is 10.4. The maximum Gasteiger partial charge on any atom is 0.387 e. The molecule has 0 bridgehead atoms. The van der Waals surface area contributed by atoms with Crippen LogP contribution in [0.2, 0.25) is 0 Å². The number of ether oxygens (including phenoxy) is 1. The van der Waals surface area contributed by atoms with Crippen LogP contribution in [0, 0.1) is 0 Å². The summed E-state index contributed by atoms with van der Waals surface area (Å²) >= 11 is 0. The van der Waals surface area contributed by atoms with Gasteiger partial charge in [0, 0.05) is 12.2 Å². The van der Waals surface area contributed by atoms with Gasteiger partial charge in [-0.05, 0) is 31.2 Å². The molecule has 0 amide bonds. The lowest BCUT2D eigenvalue weighted by Gasteiger charge is -2.08. The minimum absolute atomic E-state index is 0.136. The highest BCUT2D eigenvalue weighted by molar-refractivity contribution is 5.46. The van der Waals surface area contributed by atoms with E-state index < -0.39 is 6.61 Å². The van der Waals surface area contributed by atoms with E-state index in [9.17, 15) is 8.78 Å². The molecule has 1 heterocycles. The number of nitrogens with one attached hydrogen (secondary N) is 1. The van der Waals surface area contributed by atoms with Crippen LogP contribution in [-0.4, -0.2) is 21.4 Å². The summed E-state index contributed by atoms with van der Waals surface area (Å²) in [6.07, 6.45) is 1.50. The number of hydrogen-bond donors (Lipinski definition) is 1. The molecule has 0 unspecified atom stereocenters. The van der Waals surface area contributed by atoms with Gasteiger partial charge in [0.15, 0.2) is 0 Å². The van der Waals surface area contributed by atoms with Crippen molar-refractivity contribution in [2.75, 3.05) is 5.32 Å². The van der Waals surface area contributed by atoms with Crippen LogP contribution in [0.1, 0.15) is 12.7 Å². The molecule has 2 aromatic rings. The Morgan fingerprint density at radius 1 is 1.32 bits per heavy atom. The lowest BCUT2D eigenvalue weighted by atomic mass is 10.3. The summed E-state index contributed by atoms with van der Waals surface area (Å²) in [6.45, 7) is 0.442. The maximum absolute atomic E-state index is 12.0. The van der Waals surface area contributed by atoms with Crippen molar-refractivity contribution in [3.8, 4) is 5.75 Å². The number of anilines is 1. The third-order valence-electron chi connectivity index (χ3n) is 2.53. The highest BCUT2D eigenvalue weighted by Gasteiger charge is 2.05. The van der Waals surface area contributed by atoms with Gasteiger partial charge >= 0.3 is 6.61 Å². The third-order valence-corrected chi connectivity index (χ3v) is 2.53. The molecule has 1 aromatic heterocycles. The summed E-state index contributed by atoms with van der Waals surface area (Å²) < 4.78 is 30.0. The fraction of sp³-hybridized carbons (Fsp3) is 0.333. The molecule has 0 saturated carbocycles. The third kappa shape index (κ3) is 3.64. The van der Waals surface area contributed by atoms with Crippen LogP contribution in [0.5, 0.6) is 5.75 Å². The molecule has 2 rings (SSSR count). The van der Waals surface area contributed by atoms with Crippen LogP contribution in [0.25, 0.3) is 0 Å². The molecule has 0 saturated heterocycles. The smallest absolute Gasteiger partial charge is 0.387 e. The SMILES string of the molecule is CCn1ncnc1CNc1ccc(OC(F)F)cc1. The number of nitrogens with zero attached hydrogens (tertiary/aromatic N) is 3. The van der Waals surface area contributed by atoms with Crippen LogP contribution >= 0.6 is 0 Å². The van der Waals surface area contributed by atoms with Crippen LogP contribution in [0.4, 0.5) is 14.5 Å². The minimum Gasteiger partial charge on any atom is -0.435 e. The molecule has 19 heavy (non-hydrogen) atoms. The highest BCUT2D eigenvalue weighted by atomic mass is 19.3. The van der Waals surface area contributed by atoms with E-state index in [1.54, 1.807) is 16.8 Å². The largest absolute Gasteiger partial charge is 0.435 e. The summed E-state index contributed by atoms with van der Waals surface area (Å²) in [6, 6.07) is 6.31. The predicted molar refractivity (Wildman–Crippen MR) is 66.1 cm³/mol. The lowest BCUT2D eigenvalue weighted by molar-refractivity contribution is -0.0498. The number of aryl methyl sites for hydroxylation is 1. The van der Waals surface area contributed by atoms with Crippen LogP contribution < -0.4 is 10.1 Å². The predicted octanol–water partition coefficient (Wildman–Crippen LogP) is 2.51. The van der Waals surface area contributed by atoms with Gasteiger partial charge in [0.25, 0.3) is 0 Å². The standard InChI is InChI=1S/C12H14F2N4O/c1-2-18-11(16-8-17-18)7-15-9-3-5-10(6-4-9)19-12(13)14/h3-6,8,12,15H,2,7H2,1H3. The maximum atomic E-state index is 12.0. The summed E-state index contributed by atoms with van der Waals surface area (Å²) in [7, 11) is 0. The second-order valence-electron chi connectivity index (χ2n) is 3.75. The molecule has 0 atom stereocenters. The van der Waals surface area contributed by atoms with E-state index >= 15 is 0 Å². The number of rotatable bonds is 6. The normalized spacial score (nSPS) is 10.7. The van der Waals surface area contributed by atoms with Gasteiger partial charge in [-0.25, -0.2) is 9.67 Å². The summed E-state index contributed by atoms with van der Waals surface area (Å²) in [5, 5.41) is 7.19. The molecule has 1 aromatic carbocycles. The Morgan fingerprint density at radius 2 is 2.05 bits per heavy atom. The monoisotopic (exact) mass is 268 g/mol. The van der Waals surface area contributed by atoms with Gasteiger partial charge in [-0.2, -0.15) is 13.9 Å². The molecular weight excluding hydrogens is 254 g/mol. The number of aromatic nitrogens is 3. The van der Waals surface area contributed by atoms with E-state index in [0.29, 0.717) is 6.54 Å². The Bertz CT molecular complexity index is 513. The highest BCUT2D eigenvalue weighted by Crippen LogP contribution is 2.18. The van der Waals surface area contributed by atoms with Crippen molar-refractivity contribution in [2.45, 2.75) is 26.6 Å². The van der Waals surface area contributed by atoms with Crippen molar-refractivity contribution in [3.05, 3.63) is 36.4 Å². The van der Waals surface area contributed by atoms with Gasteiger partial charge in [-0.1, -0.05) is 0 Å². The molecule has 0 aliphatic heterocycles. The second kappa shape index (κ2) is 6.12. The van der Waals surface area contributed by atoms with Gasteiger partial charge in [0.1, 0.15) is 17.9 Å². The van der Waals surface area contributed by atoms with E-state index in [0.717, 1.165) is 18.1 Å². The Hall–Kier alpha value is -2.18. The fourth-order valence-corrected chi connectivity index (χ4v) is 1.62. The van der Waals surface area contributed by atoms with E-state index in [1.807, 2.05) is 6.92 Å². The van der Waals surface area contributed by atoms with E-state index in [1.165, 1.54) is 18.5 Å². The summed E-state index contributed by atoms with van der Waals surface area (Å²) in [5.74, 6) is 0.952. The van der Waals surface area contributed by atoms with Gasteiger partial charge in [0.05, 0.1) is 6.54 Å². The average molecular weight is 268 g/mol. The molecular formula is C12H14F2N4O. The summed E-state index contributed by atoms with van der Waals surface area (Å²) in [4.78, 5) is 4.12. The van der Waals surface area contributed by atoms with Crippen LogP contribution in [-0.2, 0) is 13.1 Å². The van der Waals surface area contributed by atoms with Crippen molar-refractivity contribution < 1.29 is 13.5 Å². The Labute approximate surface area is 109 Å². The minimum atomic E-state index is -2.80. The number of alkyl halides is 2. The fourth-order valence-electron chi connectivity index (χ4n) is 1.62. The first-order valence-corrected chi connectivity index (χ1v) is 5.84. The Kier molecular flexibility index (Phi) is 4.27. The number of halogens is 2. The van der Waals surface area contributed by atoms with Crippen molar-refractivity contribution in [3.63, 3.8) is 0 Å². The number of benzene rings is 1. The zero-order valence-electron chi connectivity index (χ0n) is 10.4. The van der Waals surface area contributed by atoms with Crippen LogP contribution in [0.3, 0.4) is 0 Å². The zero-order chi connectivity index (χ0) is 13.7. The second-order valence-corrected chi connectivity index (χ2v) is 3.75. The van der Waals surface area contributed by atoms with E-state index in [2.05, 4.69) is 20.1 Å². The quantitative estimate of drug-likeness (QED) is 0.874. The first-order chi connectivity index (χ1) is 9.19. The first kappa shape index (κ1) is 13.3. The van der Waals surface area contributed by atoms with Gasteiger partial charge in [-0.15, -0.1) is 0 Å². The van der Waals surface area contributed by atoms with Crippen molar-refractivity contribution in [1.29, 1.82) is 0 Å². The van der Waals surface area contributed by atoms with Gasteiger partial charge in [-0.3, -0.25) is 0 Å². The average Bonchev–Trinajstić information content (AvgIpc) is 2.84. The molecule has 0 radical (unpaired) electrons. The lowest BCUT2D eigenvalue weighted by Crippen LogP contribution is -2.09. The molecule has 0 spiro atoms. The molecule has 0 aliphatic rings. The molecule has 1 N–H and O–H groups in total. The van der Waals surface area contributed by atoms with Crippen molar-refractivity contribution in [2.24, 2.45) is 0 Å². The topological polar surface area (TPSA) is 52.0 Å². The van der Waals surface area contributed by atoms with Crippen LogP contribution in [0.15, 0.2) is 30.6 Å². The Balaban J connectivity index is 1.93. The summed E-state index contributed by atoms with van der Waals surface area (Å²) in [5.41, 5.74) is 0.798. The Morgan fingerprint density at radius 3 is 2.68 bits per heavy atom. The van der Waals surface area contributed by atoms with Gasteiger partial charge < -0.3 is 10.1 Å². The van der Waals surface area contributed by atoms with Crippen molar-refractivity contribution in [1.82, 2.24) is 14.8 Å².